The molecule has 1 amide bonds. The second kappa shape index (κ2) is 4.64. The van der Waals surface area contributed by atoms with Gasteiger partial charge in [-0.3, -0.25) is 4.79 Å². The summed E-state index contributed by atoms with van der Waals surface area (Å²) in [6.07, 6.45) is -1.34. The third-order valence-electron chi connectivity index (χ3n) is 3.65. The highest BCUT2D eigenvalue weighted by Gasteiger charge is 2.52. The summed E-state index contributed by atoms with van der Waals surface area (Å²) in [5, 5.41) is 2.72. The van der Waals surface area contributed by atoms with Crippen LogP contribution in [0.25, 0.3) is 0 Å². The average Bonchev–Trinajstić information content (AvgIpc) is 2.53. The minimum Gasteiger partial charge on any atom is -0.436 e. The minimum atomic E-state index is -0.799. The van der Waals surface area contributed by atoms with Crippen LogP contribution in [0.4, 0.5) is 4.79 Å². The zero-order valence-electron chi connectivity index (χ0n) is 11.1. The molecular formula is C12H22N2O3. The summed E-state index contributed by atoms with van der Waals surface area (Å²) in [6.45, 7) is 9.45. The van der Waals surface area contributed by atoms with E-state index in [1.165, 1.54) is 0 Å². The first kappa shape index (κ1) is 14.0. The zero-order valence-corrected chi connectivity index (χ0v) is 11.1. The molecule has 1 saturated heterocycles. The number of hydrogen-bond acceptors (Lipinski definition) is 4. The molecule has 1 rings (SSSR count). The lowest BCUT2D eigenvalue weighted by Gasteiger charge is -2.33. The smallest absolute Gasteiger partial charge is 0.408 e. The van der Waals surface area contributed by atoms with Gasteiger partial charge in [0.15, 0.2) is 11.9 Å². The largest absolute Gasteiger partial charge is 0.436 e. The van der Waals surface area contributed by atoms with Crippen molar-refractivity contribution in [3.05, 3.63) is 0 Å². The van der Waals surface area contributed by atoms with E-state index in [0.29, 0.717) is 0 Å². The van der Waals surface area contributed by atoms with E-state index in [2.05, 4.69) is 5.32 Å². The van der Waals surface area contributed by atoms with Gasteiger partial charge in [-0.05, 0) is 18.8 Å². The van der Waals surface area contributed by atoms with Crippen molar-refractivity contribution >= 4 is 11.9 Å². The Bertz CT molecular complexity index is 328. The van der Waals surface area contributed by atoms with E-state index in [0.717, 1.165) is 0 Å². The average molecular weight is 242 g/mol. The molecule has 1 aliphatic heterocycles. The predicted molar refractivity (Wildman–Crippen MR) is 64.5 cm³/mol. The molecule has 1 heterocycles. The lowest BCUT2D eigenvalue weighted by Crippen LogP contribution is -2.57. The second-order valence-electron chi connectivity index (χ2n) is 5.52. The number of ketones is 1. The number of amides is 1. The number of nitrogens with one attached hydrogen (secondary N) is 1. The van der Waals surface area contributed by atoms with Gasteiger partial charge in [0.25, 0.3) is 0 Å². The van der Waals surface area contributed by atoms with Crippen LogP contribution >= 0.6 is 0 Å². The molecule has 0 saturated carbocycles. The van der Waals surface area contributed by atoms with Crippen LogP contribution in [0.3, 0.4) is 0 Å². The lowest BCUT2D eigenvalue weighted by molar-refractivity contribution is -0.131. The number of Topliss-reactive ketones (excluding diaryl/α,β-unsaturated/α-hetero) is 1. The van der Waals surface area contributed by atoms with Crippen molar-refractivity contribution in [3.63, 3.8) is 0 Å². The van der Waals surface area contributed by atoms with Crippen molar-refractivity contribution in [3.8, 4) is 0 Å². The van der Waals surface area contributed by atoms with Gasteiger partial charge in [0, 0.05) is 0 Å². The molecule has 0 radical (unpaired) electrons. The van der Waals surface area contributed by atoms with Crippen molar-refractivity contribution < 1.29 is 14.3 Å². The van der Waals surface area contributed by atoms with Crippen molar-refractivity contribution in [2.75, 3.05) is 0 Å². The maximum atomic E-state index is 12.2. The number of carbonyl (C=O) groups excluding carboxylic acids is 2. The number of cyclic esters (lactones) is 1. The van der Waals surface area contributed by atoms with Gasteiger partial charge in [-0.15, -0.1) is 0 Å². The Kier molecular flexibility index (Phi) is 3.81. The van der Waals surface area contributed by atoms with Crippen LogP contribution in [0.15, 0.2) is 0 Å². The standard InChI is InChI=1S/C12H22N2O3/c1-6(2)8(13)9(15)10-12(5,7(3)4)14-11(16)17-10/h6-8,10H,13H2,1-5H3,(H,14,16)/t8-,10?,12?/m0/s1. The fraction of sp³-hybridized carbons (Fsp3) is 0.833. The monoisotopic (exact) mass is 242 g/mol. The minimum absolute atomic E-state index is 0.0261. The van der Waals surface area contributed by atoms with Crippen LogP contribution in [-0.2, 0) is 9.53 Å². The molecule has 5 heteroatoms. The summed E-state index contributed by atoms with van der Waals surface area (Å²) in [4.78, 5) is 23.6. The Morgan fingerprint density at radius 3 is 2.35 bits per heavy atom. The van der Waals surface area contributed by atoms with E-state index in [-0.39, 0.29) is 17.6 Å². The molecule has 3 N–H and O–H groups in total. The van der Waals surface area contributed by atoms with Crippen LogP contribution in [-0.4, -0.2) is 29.6 Å². The summed E-state index contributed by atoms with van der Waals surface area (Å²) in [5.74, 6) is -0.102. The van der Waals surface area contributed by atoms with Crippen LogP contribution in [0.1, 0.15) is 34.6 Å². The second-order valence-corrected chi connectivity index (χ2v) is 5.52. The van der Waals surface area contributed by atoms with E-state index < -0.39 is 23.8 Å². The van der Waals surface area contributed by atoms with Crippen LogP contribution in [0.5, 0.6) is 0 Å². The molecule has 5 nitrogen and oxygen atoms in total. The Morgan fingerprint density at radius 2 is 1.94 bits per heavy atom. The van der Waals surface area contributed by atoms with E-state index in [1.54, 1.807) is 0 Å². The third-order valence-corrected chi connectivity index (χ3v) is 3.65. The number of hydrogen-bond donors (Lipinski definition) is 2. The lowest BCUT2D eigenvalue weighted by atomic mass is 9.79. The summed E-state index contributed by atoms with van der Waals surface area (Å²) in [6, 6.07) is -0.606. The molecular weight excluding hydrogens is 220 g/mol. The SMILES string of the molecule is CC(C)[C@H](N)C(=O)C1OC(=O)NC1(C)C(C)C. The summed E-state index contributed by atoms with van der Waals surface area (Å²) in [5.41, 5.74) is 5.16. The first-order valence-electron chi connectivity index (χ1n) is 5.98. The molecule has 17 heavy (non-hydrogen) atoms. The van der Waals surface area contributed by atoms with Crippen molar-refractivity contribution in [2.24, 2.45) is 17.6 Å². The molecule has 0 aromatic heterocycles. The van der Waals surface area contributed by atoms with Gasteiger partial charge in [-0.2, -0.15) is 0 Å². The first-order chi connectivity index (χ1) is 7.70. The van der Waals surface area contributed by atoms with Crippen LogP contribution in [0, 0.1) is 11.8 Å². The summed E-state index contributed by atoms with van der Waals surface area (Å²) in [7, 11) is 0. The molecule has 0 spiro atoms. The highest BCUT2D eigenvalue weighted by molar-refractivity contribution is 5.93. The Labute approximate surface area is 102 Å². The summed E-state index contributed by atoms with van der Waals surface area (Å²) < 4.78 is 5.09. The topological polar surface area (TPSA) is 81.4 Å². The maximum absolute atomic E-state index is 12.2. The molecule has 0 aliphatic carbocycles. The number of carbonyl (C=O) groups is 2. The van der Waals surface area contributed by atoms with Crippen molar-refractivity contribution in [1.82, 2.24) is 5.32 Å². The highest BCUT2D eigenvalue weighted by Crippen LogP contribution is 2.30. The molecule has 1 aliphatic rings. The van der Waals surface area contributed by atoms with Gasteiger partial charge in [-0.1, -0.05) is 27.7 Å². The maximum Gasteiger partial charge on any atom is 0.408 e. The molecule has 2 unspecified atom stereocenters. The van der Waals surface area contributed by atoms with Crippen molar-refractivity contribution in [1.29, 1.82) is 0 Å². The molecule has 0 bridgehead atoms. The number of rotatable bonds is 4. The normalized spacial score (nSPS) is 30.4. The van der Waals surface area contributed by atoms with Gasteiger partial charge >= 0.3 is 6.09 Å². The Balaban J connectivity index is 2.96. The van der Waals surface area contributed by atoms with E-state index in [1.807, 2.05) is 34.6 Å². The van der Waals surface area contributed by atoms with Crippen molar-refractivity contribution in [2.45, 2.75) is 52.3 Å². The number of alkyl carbamates (subject to hydrolysis) is 1. The van der Waals surface area contributed by atoms with Gasteiger partial charge in [0.1, 0.15) is 0 Å². The van der Waals surface area contributed by atoms with Gasteiger partial charge in [-0.25, -0.2) is 4.79 Å². The summed E-state index contributed by atoms with van der Waals surface area (Å²) >= 11 is 0. The highest BCUT2D eigenvalue weighted by atomic mass is 16.6. The molecule has 1 fully saturated rings. The first-order valence-corrected chi connectivity index (χ1v) is 5.98. The van der Waals surface area contributed by atoms with E-state index in [4.69, 9.17) is 10.5 Å². The van der Waals surface area contributed by atoms with Crippen LogP contribution < -0.4 is 11.1 Å². The third kappa shape index (κ3) is 2.44. The quantitative estimate of drug-likeness (QED) is 0.772. The molecule has 0 aromatic carbocycles. The van der Waals surface area contributed by atoms with E-state index >= 15 is 0 Å². The van der Waals surface area contributed by atoms with E-state index in [9.17, 15) is 9.59 Å². The van der Waals surface area contributed by atoms with Gasteiger partial charge in [0.05, 0.1) is 11.6 Å². The van der Waals surface area contributed by atoms with Crippen LogP contribution in [0.2, 0.25) is 0 Å². The zero-order chi connectivity index (χ0) is 13.4. The number of ether oxygens (including phenoxy) is 1. The fourth-order valence-corrected chi connectivity index (χ4v) is 1.85. The molecule has 98 valence electrons. The van der Waals surface area contributed by atoms with Gasteiger partial charge in [0.2, 0.25) is 0 Å². The number of nitrogens with two attached hydrogens (primary N) is 1. The van der Waals surface area contributed by atoms with Gasteiger partial charge < -0.3 is 15.8 Å². The Hall–Kier alpha value is -1.10. The predicted octanol–water partition coefficient (Wildman–Crippen LogP) is 1.06. The fourth-order valence-electron chi connectivity index (χ4n) is 1.85. The Morgan fingerprint density at radius 1 is 1.41 bits per heavy atom. The molecule has 3 atom stereocenters. The molecule has 0 aromatic rings.